The lowest BCUT2D eigenvalue weighted by Gasteiger charge is -2.12. The maximum atomic E-state index is 12.0. The number of aromatic nitrogens is 1. The summed E-state index contributed by atoms with van der Waals surface area (Å²) < 4.78 is 40.6. The first-order valence-corrected chi connectivity index (χ1v) is 4.86. The second kappa shape index (κ2) is 5.69. The van der Waals surface area contributed by atoms with Crippen LogP contribution in [-0.2, 0) is 6.54 Å². The first kappa shape index (κ1) is 12.8. The van der Waals surface area contributed by atoms with Crippen LogP contribution >= 0.6 is 0 Å². The van der Waals surface area contributed by atoms with E-state index in [9.17, 15) is 13.2 Å². The normalized spacial score (nSPS) is 11.5. The van der Waals surface area contributed by atoms with Crippen molar-refractivity contribution >= 4 is 0 Å². The molecule has 1 rings (SSSR count). The molecule has 90 valence electrons. The minimum atomic E-state index is -4.32. The van der Waals surface area contributed by atoms with Crippen molar-refractivity contribution in [3.05, 3.63) is 24.0 Å². The van der Waals surface area contributed by atoms with Gasteiger partial charge in [-0.2, -0.15) is 13.2 Å². The standard InChI is InChI=1S/C10H13F3N2O/c1-2-14-5-8-6-15-4-3-9(8)16-7-10(11,12)13/h3-4,6,14H,2,5,7H2,1H3. The van der Waals surface area contributed by atoms with E-state index in [0.29, 0.717) is 12.1 Å². The van der Waals surface area contributed by atoms with E-state index in [4.69, 9.17) is 4.74 Å². The molecule has 0 bridgehead atoms. The minimum Gasteiger partial charge on any atom is -0.484 e. The summed E-state index contributed by atoms with van der Waals surface area (Å²) in [4.78, 5) is 3.84. The van der Waals surface area contributed by atoms with Crippen LogP contribution in [0.2, 0.25) is 0 Å². The monoisotopic (exact) mass is 234 g/mol. The zero-order valence-corrected chi connectivity index (χ0v) is 8.84. The molecule has 1 aromatic rings. The highest BCUT2D eigenvalue weighted by molar-refractivity contribution is 5.29. The molecule has 0 aliphatic heterocycles. The Balaban J connectivity index is 2.63. The predicted molar refractivity (Wildman–Crippen MR) is 53.2 cm³/mol. The van der Waals surface area contributed by atoms with E-state index in [1.54, 1.807) is 0 Å². The van der Waals surface area contributed by atoms with Crippen molar-refractivity contribution in [2.24, 2.45) is 0 Å². The number of pyridine rings is 1. The van der Waals surface area contributed by atoms with Crippen LogP contribution in [0.5, 0.6) is 5.75 Å². The molecule has 0 radical (unpaired) electrons. The second-order valence-electron chi connectivity index (χ2n) is 3.17. The fourth-order valence-corrected chi connectivity index (χ4v) is 1.11. The Hall–Kier alpha value is -1.30. The number of alkyl halides is 3. The highest BCUT2D eigenvalue weighted by atomic mass is 19.4. The molecule has 0 aromatic carbocycles. The van der Waals surface area contributed by atoms with Crippen molar-refractivity contribution in [1.29, 1.82) is 0 Å². The van der Waals surface area contributed by atoms with Crippen molar-refractivity contribution in [2.75, 3.05) is 13.2 Å². The third kappa shape index (κ3) is 4.48. The SMILES string of the molecule is CCNCc1cnccc1OCC(F)(F)F. The Labute approximate surface area is 91.6 Å². The van der Waals surface area contributed by atoms with Crippen molar-refractivity contribution < 1.29 is 17.9 Å². The average molecular weight is 234 g/mol. The summed E-state index contributed by atoms with van der Waals surface area (Å²) >= 11 is 0. The van der Waals surface area contributed by atoms with Crippen LogP contribution in [0.25, 0.3) is 0 Å². The van der Waals surface area contributed by atoms with Gasteiger partial charge < -0.3 is 10.1 Å². The molecule has 1 aromatic heterocycles. The molecule has 0 unspecified atom stereocenters. The zero-order valence-electron chi connectivity index (χ0n) is 8.84. The van der Waals surface area contributed by atoms with Crippen LogP contribution in [0.1, 0.15) is 12.5 Å². The highest BCUT2D eigenvalue weighted by Gasteiger charge is 2.28. The van der Waals surface area contributed by atoms with E-state index < -0.39 is 12.8 Å². The van der Waals surface area contributed by atoms with Gasteiger partial charge in [0.2, 0.25) is 0 Å². The molecule has 0 atom stereocenters. The van der Waals surface area contributed by atoms with Crippen molar-refractivity contribution in [3.8, 4) is 5.75 Å². The number of hydrogen-bond acceptors (Lipinski definition) is 3. The average Bonchev–Trinajstić information content (AvgIpc) is 2.23. The molecule has 0 aliphatic carbocycles. The third-order valence-corrected chi connectivity index (χ3v) is 1.82. The Morgan fingerprint density at radius 2 is 2.19 bits per heavy atom. The van der Waals surface area contributed by atoms with E-state index in [0.717, 1.165) is 6.54 Å². The minimum absolute atomic E-state index is 0.216. The van der Waals surface area contributed by atoms with Gasteiger partial charge >= 0.3 is 6.18 Å². The second-order valence-corrected chi connectivity index (χ2v) is 3.17. The first-order valence-electron chi connectivity index (χ1n) is 4.86. The summed E-state index contributed by atoms with van der Waals surface area (Å²) in [5.41, 5.74) is 0.619. The molecule has 0 saturated heterocycles. The van der Waals surface area contributed by atoms with Gasteiger partial charge in [0.15, 0.2) is 6.61 Å². The van der Waals surface area contributed by atoms with Gasteiger partial charge in [0, 0.05) is 24.5 Å². The molecule has 0 amide bonds. The maximum absolute atomic E-state index is 12.0. The molecular weight excluding hydrogens is 221 g/mol. The first-order chi connectivity index (χ1) is 7.53. The molecule has 1 heterocycles. The van der Waals surface area contributed by atoms with E-state index >= 15 is 0 Å². The fourth-order valence-electron chi connectivity index (χ4n) is 1.11. The number of halogens is 3. The van der Waals surface area contributed by atoms with Crippen LogP contribution < -0.4 is 10.1 Å². The molecule has 16 heavy (non-hydrogen) atoms. The summed E-state index contributed by atoms with van der Waals surface area (Å²) in [5.74, 6) is 0.216. The Bertz CT molecular complexity index is 328. The summed E-state index contributed by atoms with van der Waals surface area (Å²) in [6, 6.07) is 1.43. The number of hydrogen-bond donors (Lipinski definition) is 1. The van der Waals surface area contributed by atoms with Gasteiger partial charge in [0.1, 0.15) is 5.75 Å². The van der Waals surface area contributed by atoms with E-state index in [1.807, 2.05) is 6.92 Å². The topological polar surface area (TPSA) is 34.2 Å². The van der Waals surface area contributed by atoms with E-state index in [-0.39, 0.29) is 5.75 Å². The molecular formula is C10H13F3N2O. The lowest BCUT2D eigenvalue weighted by atomic mass is 10.2. The van der Waals surface area contributed by atoms with Crippen LogP contribution in [0.3, 0.4) is 0 Å². The number of ether oxygens (including phenoxy) is 1. The highest BCUT2D eigenvalue weighted by Crippen LogP contribution is 2.21. The molecule has 1 N–H and O–H groups in total. The van der Waals surface area contributed by atoms with Gasteiger partial charge in [-0.1, -0.05) is 6.92 Å². The van der Waals surface area contributed by atoms with Crippen LogP contribution in [0, 0.1) is 0 Å². The maximum Gasteiger partial charge on any atom is 0.422 e. The Morgan fingerprint density at radius 1 is 1.44 bits per heavy atom. The number of nitrogens with one attached hydrogen (secondary N) is 1. The third-order valence-electron chi connectivity index (χ3n) is 1.82. The summed E-state index contributed by atoms with van der Waals surface area (Å²) in [6.45, 7) is 1.80. The lowest BCUT2D eigenvalue weighted by Crippen LogP contribution is -2.20. The van der Waals surface area contributed by atoms with E-state index in [1.165, 1.54) is 18.5 Å². The molecule has 0 spiro atoms. The Morgan fingerprint density at radius 3 is 2.81 bits per heavy atom. The van der Waals surface area contributed by atoms with E-state index in [2.05, 4.69) is 10.3 Å². The van der Waals surface area contributed by atoms with Crippen LogP contribution in [0.15, 0.2) is 18.5 Å². The number of rotatable bonds is 5. The quantitative estimate of drug-likeness (QED) is 0.847. The lowest BCUT2D eigenvalue weighted by molar-refractivity contribution is -0.153. The largest absolute Gasteiger partial charge is 0.484 e. The van der Waals surface area contributed by atoms with Crippen LogP contribution in [0.4, 0.5) is 13.2 Å². The van der Waals surface area contributed by atoms with Gasteiger partial charge in [-0.05, 0) is 12.6 Å². The summed E-state index contributed by atoms with van der Waals surface area (Å²) in [5, 5.41) is 3.00. The predicted octanol–water partition coefficient (Wildman–Crippen LogP) is 2.13. The smallest absolute Gasteiger partial charge is 0.422 e. The Kier molecular flexibility index (Phi) is 4.54. The van der Waals surface area contributed by atoms with Gasteiger partial charge in [-0.3, -0.25) is 4.98 Å². The van der Waals surface area contributed by atoms with Gasteiger partial charge in [0.05, 0.1) is 0 Å². The zero-order chi connectivity index (χ0) is 12.0. The van der Waals surface area contributed by atoms with Crippen LogP contribution in [-0.4, -0.2) is 24.3 Å². The summed E-state index contributed by atoms with van der Waals surface area (Å²) in [7, 11) is 0. The fraction of sp³-hybridized carbons (Fsp3) is 0.500. The van der Waals surface area contributed by atoms with Gasteiger partial charge in [-0.15, -0.1) is 0 Å². The summed E-state index contributed by atoms with van der Waals surface area (Å²) in [6.07, 6.45) is -1.42. The van der Waals surface area contributed by atoms with Crippen molar-refractivity contribution in [2.45, 2.75) is 19.6 Å². The molecule has 6 heteroatoms. The molecule has 3 nitrogen and oxygen atoms in total. The number of nitrogens with zero attached hydrogens (tertiary/aromatic N) is 1. The molecule has 0 aliphatic rings. The molecule has 0 saturated carbocycles. The van der Waals surface area contributed by atoms with Crippen molar-refractivity contribution in [3.63, 3.8) is 0 Å². The van der Waals surface area contributed by atoms with Crippen molar-refractivity contribution in [1.82, 2.24) is 10.3 Å². The van der Waals surface area contributed by atoms with Gasteiger partial charge in [-0.25, -0.2) is 0 Å². The van der Waals surface area contributed by atoms with Gasteiger partial charge in [0.25, 0.3) is 0 Å². The molecule has 0 fully saturated rings.